The number of rotatable bonds is 5. The molecule has 0 bridgehead atoms. The molecule has 0 fully saturated rings. The largest absolute Gasteiger partial charge is 0.495 e. The van der Waals surface area contributed by atoms with E-state index in [-0.39, 0.29) is 13.2 Å². The number of hydrogen-bond donors (Lipinski definition) is 2. The van der Waals surface area contributed by atoms with Crippen molar-refractivity contribution in [3.8, 4) is 5.75 Å². The molecule has 0 radical (unpaired) electrons. The number of esters is 1. The Kier molecular flexibility index (Phi) is 5.56. The zero-order chi connectivity index (χ0) is 22.1. The van der Waals surface area contributed by atoms with Gasteiger partial charge in [0.1, 0.15) is 18.9 Å². The molecule has 0 saturated heterocycles. The average molecular weight is 442 g/mol. The highest BCUT2D eigenvalue weighted by atomic mass is 35.5. The first-order valence-corrected chi connectivity index (χ1v) is 9.93. The van der Waals surface area contributed by atoms with Crippen LogP contribution in [0, 0.1) is 6.92 Å². The van der Waals surface area contributed by atoms with Crippen molar-refractivity contribution in [1.82, 2.24) is 10.2 Å². The number of nitrogens with one attached hydrogen (secondary N) is 2. The molecular formula is C22H20ClN3O5. The van der Waals surface area contributed by atoms with Gasteiger partial charge < -0.3 is 20.1 Å². The van der Waals surface area contributed by atoms with Gasteiger partial charge in [0.15, 0.2) is 0 Å². The van der Waals surface area contributed by atoms with E-state index in [1.54, 1.807) is 18.2 Å². The Morgan fingerprint density at radius 3 is 2.68 bits per heavy atom. The summed E-state index contributed by atoms with van der Waals surface area (Å²) in [5.41, 5.74) is 3.01. The second-order valence-corrected chi connectivity index (χ2v) is 7.62. The number of halogens is 1. The van der Waals surface area contributed by atoms with E-state index < -0.39 is 23.9 Å². The molecule has 2 aromatic carbocycles. The number of carbonyl (C=O) groups is 3. The van der Waals surface area contributed by atoms with Gasteiger partial charge in [0, 0.05) is 5.69 Å². The van der Waals surface area contributed by atoms with E-state index in [2.05, 4.69) is 10.6 Å². The highest BCUT2D eigenvalue weighted by Gasteiger charge is 2.42. The fourth-order valence-corrected chi connectivity index (χ4v) is 3.83. The van der Waals surface area contributed by atoms with Gasteiger partial charge in [0.05, 0.1) is 29.4 Å². The van der Waals surface area contributed by atoms with Gasteiger partial charge in [0.2, 0.25) is 5.91 Å². The summed E-state index contributed by atoms with van der Waals surface area (Å²) in [6.07, 6.45) is 0. The number of methoxy groups -OCH3 is 1. The Labute approximate surface area is 183 Å². The second-order valence-electron chi connectivity index (χ2n) is 7.21. The molecule has 2 aromatic rings. The molecule has 2 aliphatic heterocycles. The average Bonchev–Trinajstić information content (AvgIpc) is 3.12. The maximum Gasteiger partial charge on any atom is 0.338 e. The summed E-state index contributed by atoms with van der Waals surface area (Å²) >= 11 is 6.09. The Morgan fingerprint density at radius 2 is 2.00 bits per heavy atom. The van der Waals surface area contributed by atoms with E-state index >= 15 is 0 Å². The molecule has 160 valence electrons. The molecule has 31 heavy (non-hydrogen) atoms. The van der Waals surface area contributed by atoms with Crippen LogP contribution in [0.15, 0.2) is 53.7 Å². The van der Waals surface area contributed by atoms with Crippen molar-refractivity contribution in [3.63, 3.8) is 0 Å². The summed E-state index contributed by atoms with van der Waals surface area (Å²) in [5, 5.41) is 5.85. The number of carbonyl (C=O) groups excluding carboxylic acids is 3. The number of urea groups is 1. The third kappa shape index (κ3) is 4.06. The fraction of sp³-hybridized carbons (Fsp3) is 0.227. The second kappa shape index (κ2) is 8.31. The zero-order valence-electron chi connectivity index (χ0n) is 16.9. The first kappa shape index (κ1) is 20.7. The van der Waals surface area contributed by atoms with Crippen LogP contribution in [-0.2, 0) is 14.3 Å². The Balaban J connectivity index is 1.56. The topological polar surface area (TPSA) is 97.0 Å². The van der Waals surface area contributed by atoms with Crippen molar-refractivity contribution in [2.45, 2.75) is 13.0 Å². The minimum atomic E-state index is -0.627. The lowest BCUT2D eigenvalue weighted by Gasteiger charge is -2.32. The first-order valence-electron chi connectivity index (χ1n) is 9.55. The maximum absolute atomic E-state index is 12.8. The summed E-state index contributed by atoms with van der Waals surface area (Å²) in [5.74, 6) is -0.474. The van der Waals surface area contributed by atoms with Crippen LogP contribution in [0.25, 0.3) is 0 Å². The van der Waals surface area contributed by atoms with Gasteiger partial charge in [-0.15, -0.1) is 0 Å². The molecule has 8 nitrogen and oxygen atoms in total. The minimum absolute atomic E-state index is 0.0639. The van der Waals surface area contributed by atoms with E-state index in [1.165, 1.54) is 12.0 Å². The molecule has 3 amide bonds. The van der Waals surface area contributed by atoms with E-state index in [1.807, 2.05) is 31.2 Å². The van der Waals surface area contributed by atoms with Crippen LogP contribution in [0.1, 0.15) is 17.2 Å². The molecule has 0 aromatic heterocycles. The van der Waals surface area contributed by atoms with Gasteiger partial charge in [-0.25, -0.2) is 9.59 Å². The van der Waals surface area contributed by atoms with Crippen LogP contribution >= 0.6 is 11.6 Å². The number of benzene rings is 2. The standard InChI is InChI=1S/C22H20ClN3O5/c1-12-3-5-13(6-4-12)20-19-16(11-31-21(19)28)26(22(29)25-20)10-18(27)24-14-7-8-17(30-2)15(23)9-14/h3-9,20H,10-11H2,1-2H3,(H,24,27)(H,25,29)/t20-/m0/s1. The smallest absolute Gasteiger partial charge is 0.338 e. The lowest BCUT2D eigenvalue weighted by molar-refractivity contribution is -0.136. The van der Waals surface area contributed by atoms with Crippen LogP contribution in [0.3, 0.4) is 0 Å². The zero-order valence-corrected chi connectivity index (χ0v) is 17.7. The van der Waals surface area contributed by atoms with E-state index in [9.17, 15) is 14.4 Å². The van der Waals surface area contributed by atoms with Crippen molar-refractivity contribution >= 4 is 35.2 Å². The van der Waals surface area contributed by atoms with Crippen molar-refractivity contribution < 1.29 is 23.9 Å². The SMILES string of the molecule is COc1ccc(NC(=O)CN2C(=O)N[C@@H](c3ccc(C)cc3)C3=C2COC3=O)cc1Cl. The predicted molar refractivity (Wildman–Crippen MR) is 114 cm³/mol. The summed E-state index contributed by atoms with van der Waals surface area (Å²) in [7, 11) is 1.49. The van der Waals surface area contributed by atoms with Crippen LogP contribution in [0.5, 0.6) is 5.75 Å². The van der Waals surface area contributed by atoms with E-state index in [0.29, 0.717) is 27.7 Å². The van der Waals surface area contributed by atoms with Crippen molar-refractivity contribution in [3.05, 3.63) is 69.9 Å². The van der Waals surface area contributed by atoms with Crippen LogP contribution in [-0.4, -0.2) is 43.1 Å². The monoisotopic (exact) mass is 441 g/mol. The predicted octanol–water partition coefficient (Wildman–Crippen LogP) is 3.17. The van der Waals surface area contributed by atoms with E-state index in [0.717, 1.165) is 11.1 Å². The van der Waals surface area contributed by atoms with Gasteiger partial charge in [-0.3, -0.25) is 9.69 Å². The van der Waals surface area contributed by atoms with Gasteiger partial charge in [-0.05, 0) is 30.7 Å². The van der Waals surface area contributed by atoms with Crippen molar-refractivity contribution in [2.24, 2.45) is 0 Å². The summed E-state index contributed by atoms with van der Waals surface area (Å²) in [4.78, 5) is 39.0. The number of cyclic esters (lactones) is 1. The van der Waals surface area contributed by atoms with Gasteiger partial charge in [-0.2, -0.15) is 0 Å². The van der Waals surface area contributed by atoms with Gasteiger partial charge in [0.25, 0.3) is 0 Å². The number of ether oxygens (including phenoxy) is 2. The number of anilines is 1. The van der Waals surface area contributed by atoms with Crippen LogP contribution in [0.2, 0.25) is 5.02 Å². The normalized spacial score (nSPS) is 17.8. The summed E-state index contributed by atoms with van der Waals surface area (Å²) < 4.78 is 10.3. The lowest BCUT2D eigenvalue weighted by atomic mass is 9.95. The van der Waals surface area contributed by atoms with Crippen LogP contribution < -0.4 is 15.4 Å². The molecule has 2 aliphatic rings. The highest BCUT2D eigenvalue weighted by molar-refractivity contribution is 6.32. The maximum atomic E-state index is 12.8. The molecule has 9 heteroatoms. The highest BCUT2D eigenvalue weighted by Crippen LogP contribution is 2.35. The summed E-state index contributed by atoms with van der Waals surface area (Å²) in [6.45, 7) is 1.60. The van der Waals surface area contributed by atoms with Crippen molar-refractivity contribution in [1.29, 1.82) is 0 Å². The third-order valence-corrected chi connectivity index (χ3v) is 5.44. The first-order chi connectivity index (χ1) is 14.9. The Bertz CT molecular complexity index is 1100. The number of nitrogens with zero attached hydrogens (tertiary/aromatic N) is 1. The van der Waals surface area contributed by atoms with E-state index in [4.69, 9.17) is 21.1 Å². The van der Waals surface area contributed by atoms with Gasteiger partial charge in [-0.1, -0.05) is 41.4 Å². The molecule has 0 unspecified atom stereocenters. The summed E-state index contributed by atoms with van der Waals surface area (Å²) in [6, 6.07) is 11.2. The third-order valence-electron chi connectivity index (χ3n) is 5.15. The molecular weight excluding hydrogens is 422 g/mol. The number of aryl methyl sites for hydroxylation is 1. The molecule has 0 saturated carbocycles. The molecule has 2 N–H and O–H groups in total. The fourth-order valence-electron chi connectivity index (χ4n) is 3.58. The number of amides is 3. The Hall–Kier alpha value is -3.52. The quantitative estimate of drug-likeness (QED) is 0.694. The minimum Gasteiger partial charge on any atom is -0.495 e. The molecule has 0 spiro atoms. The lowest BCUT2D eigenvalue weighted by Crippen LogP contribution is -2.49. The molecule has 2 heterocycles. The van der Waals surface area contributed by atoms with Crippen LogP contribution in [0.4, 0.5) is 10.5 Å². The Morgan fingerprint density at radius 1 is 1.26 bits per heavy atom. The van der Waals surface area contributed by atoms with Crippen molar-refractivity contribution in [2.75, 3.05) is 25.6 Å². The molecule has 1 atom stereocenters. The molecule has 0 aliphatic carbocycles. The number of hydrogen-bond acceptors (Lipinski definition) is 5. The van der Waals surface area contributed by atoms with Gasteiger partial charge >= 0.3 is 12.0 Å². The molecule has 4 rings (SSSR count).